The molecule has 4 heteroatoms. The highest BCUT2D eigenvalue weighted by molar-refractivity contribution is 5.75. The molecule has 0 saturated heterocycles. The van der Waals surface area contributed by atoms with Crippen molar-refractivity contribution in [3.8, 4) is 0 Å². The highest BCUT2D eigenvalue weighted by atomic mass is 16.5. The average molecular weight is 250 g/mol. The number of carbonyl (C=O) groups is 1. The van der Waals surface area contributed by atoms with E-state index in [4.69, 9.17) is 4.74 Å². The Bertz CT molecular complexity index is 354. The van der Waals surface area contributed by atoms with Crippen molar-refractivity contribution in [1.82, 2.24) is 9.88 Å². The van der Waals surface area contributed by atoms with Crippen molar-refractivity contribution in [2.75, 3.05) is 14.2 Å². The quantitative estimate of drug-likeness (QED) is 0.696. The summed E-state index contributed by atoms with van der Waals surface area (Å²) in [6.07, 6.45) is 4.69. The van der Waals surface area contributed by atoms with Crippen molar-refractivity contribution < 1.29 is 9.53 Å². The third-order valence-electron chi connectivity index (χ3n) is 2.97. The van der Waals surface area contributed by atoms with E-state index in [1.807, 2.05) is 30.1 Å². The Morgan fingerprint density at radius 3 is 2.83 bits per heavy atom. The van der Waals surface area contributed by atoms with Crippen LogP contribution in [0.2, 0.25) is 0 Å². The molecule has 18 heavy (non-hydrogen) atoms. The number of carbonyl (C=O) groups excluding carboxylic acids is 1. The molecule has 0 radical (unpaired) electrons. The molecule has 1 heterocycles. The highest BCUT2D eigenvalue weighted by Crippen LogP contribution is 2.11. The molecule has 1 aromatic heterocycles. The molecule has 4 nitrogen and oxygen atoms in total. The molecule has 0 spiro atoms. The lowest BCUT2D eigenvalue weighted by Gasteiger charge is -2.25. The first-order valence-electron chi connectivity index (χ1n) is 6.37. The van der Waals surface area contributed by atoms with Gasteiger partial charge in [-0.1, -0.05) is 25.8 Å². The van der Waals surface area contributed by atoms with Crippen LogP contribution >= 0.6 is 0 Å². The third-order valence-corrected chi connectivity index (χ3v) is 2.97. The smallest absolute Gasteiger partial charge is 0.323 e. The predicted octanol–water partition coefficient (Wildman–Crippen LogP) is 2.25. The first kappa shape index (κ1) is 14.6. The molecule has 0 N–H and O–H groups in total. The van der Waals surface area contributed by atoms with Gasteiger partial charge in [0.15, 0.2) is 0 Å². The van der Waals surface area contributed by atoms with Gasteiger partial charge in [0.25, 0.3) is 0 Å². The third kappa shape index (κ3) is 4.45. The van der Waals surface area contributed by atoms with Crippen LogP contribution in [0.4, 0.5) is 0 Å². The van der Waals surface area contributed by atoms with E-state index < -0.39 is 0 Å². The van der Waals surface area contributed by atoms with Gasteiger partial charge in [-0.2, -0.15) is 0 Å². The summed E-state index contributed by atoms with van der Waals surface area (Å²) in [5.41, 5.74) is 0.963. The maximum absolute atomic E-state index is 11.8. The molecule has 1 atom stereocenters. The Hall–Kier alpha value is -1.42. The minimum absolute atomic E-state index is 0.165. The summed E-state index contributed by atoms with van der Waals surface area (Å²) >= 11 is 0. The molecule has 1 rings (SSSR count). The number of likely N-dealkylation sites (N-methyl/N-ethyl adjacent to an activating group) is 1. The summed E-state index contributed by atoms with van der Waals surface area (Å²) in [6.45, 7) is 2.78. The molecule has 0 aliphatic carbocycles. The Balaban J connectivity index is 2.63. The molecule has 0 aromatic carbocycles. The van der Waals surface area contributed by atoms with Crippen LogP contribution in [0.5, 0.6) is 0 Å². The fraction of sp³-hybridized carbons (Fsp3) is 0.571. The van der Waals surface area contributed by atoms with E-state index in [0.717, 1.165) is 25.0 Å². The van der Waals surface area contributed by atoms with Gasteiger partial charge in [0.05, 0.1) is 12.8 Å². The zero-order chi connectivity index (χ0) is 13.4. The zero-order valence-electron chi connectivity index (χ0n) is 11.4. The van der Waals surface area contributed by atoms with Crippen LogP contribution in [0, 0.1) is 0 Å². The van der Waals surface area contributed by atoms with Crippen molar-refractivity contribution >= 4 is 5.97 Å². The fourth-order valence-corrected chi connectivity index (χ4v) is 1.91. The Kier molecular flexibility index (Phi) is 6.36. The van der Waals surface area contributed by atoms with Gasteiger partial charge in [-0.25, -0.2) is 0 Å². The topological polar surface area (TPSA) is 42.4 Å². The van der Waals surface area contributed by atoms with E-state index in [1.54, 1.807) is 6.20 Å². The van der Waals surface area contributed by atoms with E-state index in [1.165, 1.54) is 7.11 Å². The van der Waals surface area contributed by atoms with Crippen LogP contribution in [0.1, 0.15) is 31.9 Å². The second kappa shape index (κ2) is 7.82. The number of hydrogen-bond donors (Lipinski definition) is 0. The standard InChI is InChI=1S/C14H22N2O2/c1-4-5-9-13(14(17)18-3)16(2)11-12-8-6-7-10-15-12/h6-8,10,13H,4-5,9,11H2,1-3H3. The van der Waals surface area contributed by atoms with Gasteiger partial charge < -0.3 is 4.74 Å². The maximum atomic E-state index is 11.8. The Morgan fingerprint density at radius 1 is 1.50 bits per heavy atom. The molecule has 0 aliphatic heterocycles. The lowest BCUT2D eigenvalue weighted by Crippen LogP contribution is -2.39. The number of esters is 1. The molecule has 0 aliphatic rings. The van der Waals surface area contributed by atoms with Crippen molar-refractivity contribution in [3.05, 3.63) is 30.1 Å². The molecule has 0 fully saturated rings. The molecule has 1 unspecified atom stereocenters. The first-order valence-corrected chi connectivity index (χ1v) is 6.37. The zero-order valence-corrected chi connectivity index (χ0v) is 11.4. The number of aromatic nitrogens is 1. The van der Waals surface area contributed by atoms with E-state index >= 15 is 0 Å². The van der Waals surface area contributed by atoms with E-state index in [2.05, 4.69) is 11.9 Å². The van der Waals surface area contributed by atoms with Gasteiger partial charge in [-0.05, 0) is 25.6 Å². The number of methoxy groups -OCH3 is 1. The summed E-state index contributed by atoms with van der Waals surface area (Å²) in [6, 6.07) is 5.62. The molecule has 100 valence electrons. The average Bonchev–Trinajstić information content (AvgIpc) is 2.40. The van der Waals surface area contributed by atoms with Gasteiger partial charge in [0, 0.05) is 12.7 Å². The highest BCUT2D eigenvalue weighted by Gasteiger charge is 2.23. The molecule has 0 bridgehead atoms. The van der Waals surface area contributed by atoms with Crippen LogP contribution in [-0.2, 0) is 16.1 Å². The van der Waals surface area contributed by atoms with E-state index in [0.29, 0.717) is 6.54 Å². The minimum atomic E-state index is -0.183. The Labute approximate surface area is 109 Å². The number of pyridine rings is 1. The predicted molar refractivity (Wildman–Crippen MR) is 71.0 cm³/mol. The van der Waals surface area contributed by atoms with Crippen LogP contribution in [0.3, 0.4) is 0 Å². The Morgan fingerprint density at radius 2 is 2.28 bits per heavy atom. The van der Waals surface area contributed by atoms with Crippen molar-refractivity contribution in [3.63, 3.8) is 0 Å². The van der Waals surface area contributed by atoms with Crippen LogP contribution in [-0.4, -0.2) is 36.1 Å². The minimum Gasteiger partial charge on any atom is -0.468 e. The first-order chi connectivity index (χ1) is 8.69. The molecular weight excluding hydrogens is 228 g/mol. The van der Waals surface area contributed by atoms with Crippen molar-refractivity contribution in [2.45, 2.75) is 38.8 Å². The SMILES string of the molecule is CCCCC(C(=O)OC)N(C)Cc1ccccn1. The summed E-state index contributed by atoms with van der Waals surface area (Å²) in [7, 11) is 3.38. The summed E-state index contributed by atoms with van der Waals surface area (Å²) in [5, 5.41) is 0. The summed E-state index contributed by atoms with van der Waals surface area (Å²) in [5.74, 6) is -0.165. The molecule has 0 amide bonds. The second-order valence-corrected chi connectivity index (χ2v) is 4.42. The fourth-order valence-electron chi connectivity index (χ4n) is 1.91. The van der Waals surface area contributed by atoms with Crippen LogP contribution in [0.25, 0.3) is 0 Å². The second-order valence-electron chi connectivity index (χ2n) is 4.42. The van der Waals surface area contributed by atoms with Crippen molar-refractivity contribution in [2.24, 2.45) is 0 Å². The number of hydrogen-bond acceptors (Lipinski definition) is 4. The van der Waals surface area contributed by atoms with Gasteiger partial charge in [0.1, 0.15) is 6.04 Å². The summed E-state index contributed by atoms with van der Waals surface area (Å²) < 4.78 is 4.87. The monoisotopic (exact) mass is 250 g/mol. The number of unbranched alkanes of at least 4 members (excludes halogenated alkanes) is 1. The largest absolute Gasteiger partial charge is 0.468 e. The van der Waals surface area contributed by atoms with Gasteiger partial charge in [-0.3, -0.25) is 14.7 Å². The molecular formula is C14H22N2O2. The molecule has 1 aromatic rings. The van der Waals surface area contributed by atoms with E-state index in [9.17, 15) is 4.79 Å². The summed E-state index contributed by atoms with van der Waals surface area (Å²) in [4.78, 5) is 18.0. The van der Waals surface area contributed by atoms with Crippen LogP contribution in [0.15, 0.2) is 24.4 Å². The van der Waals surface area contributed by atoms with Crippen LogP contribution < -0.4 is 0 Å². The number of rotatable bonds is 7. The van der Waals surface area contributed by atoms with Gasteiger partial charge in [-0.15, -0.1) is 0 Å². The van der Waals surface area contributed by atoms with E-state index in [-0.39, 0.29) is 12.0 Å². The maximum Gasteiger partial charge on any atom is 0.323 e. The van der Waals surface area contributed by atoms with Crippen molar-refractivity contribution in [1.29, 1.82) is 0 Å². The molecule has 0 saturated carbocycles. The normalized spacial score (nSPS) is 12.4. The number of nitrogens with zero attached hydrogens (tertiary/aromatic N) is 2. The lowest BCUT2D eigenvalue weighted by atomic mass is 10.1. The lowest BCUT2D eigenvalue weighted by molar-refractivity contribution is -0.147. The number of ether oxygens (including phenoxy) is 1. The van der Waals surface area contributed by atoms with Gasteiger partial charge >= 0.3 is 5.97 Å². The van der Waals surface area contributed by atoms with Gasteiger partial charge in [0.2, 0.25) is 0 Å².